The maximum atomic E-state index is 12.8. The number of hydrogen-bond donors (Lipinski definition) is 2. The SMILES string of the molecule is C[C@@H]1CN(c2nc3c(c(=O)[nH]2)CCN(Cc2c(O)ccc4ccccc24)C3)C[C@@H](C)O1. The van der Waals surface area contributed by atoms with Crippen LogP contribution in [-0.4, -0.2) is 51.8 Å². The molecule has 162 valence electrons. The number of aromatic nitrogens is 2. The van der Waals surface area contributed by atoms with Crippen molar-refractivity contribution in [3.63, 3.8) is 0 Å². The molecule has 0 aliphatic carbocycles. The Balaban J connectivity index is 1.42. The molecule has 5 rings (SSSR count). The van der Waals surface area contributed by atoms with Crippen LogP contribution in [0.25, 0.3) is 10.8 Å². The summed E-state index contributed by atoms with van der Waals surface area (Å²) in [5.74, 6) is 0.931. The van der Waals surface area contributed by atoms with Gasteiger partial charge in [-0.3, -0.25) is 14.7 Å². The molecule has 2 aliphatic rings. The van der Waals surface area contributed by atoms with E-state index in [1.165, 1.54) is 0 Å². The lowest BCUT2D eigenvalue weighted by molar-refractivity contribution is -0.00576. The molecule has 2 N–H and O–H groups in total. The van der Waals surface area contributed by atoms with E-state index < -0.39 is 0 Å². The van der Waals surface area contributed by atoms with Crippen molar-refractivity contribution in [2.45, 2.75) is 45.6 Å². The van der Waals surface area contributed by atoms with E-state index in [0.29, 0.717) is 44.3 Å². The minimum Gasteiger partial charge on any atom is -0.508 e. The molecule has 31 heavy (non-hydrogen) atoms. The normalized spacial score (nSPS) is 21.9. The van der Waals surface area contributed by atoms with Gasteiger partial charge in [0.25, 0.3) is 5.56 Å². The Morgan fingerprint density at radius 1 is 1.16 bits per heavy atom. The van der Waals surface area contributed by atoms with Crippen LogP contribution in [0.4, 0.5) is 5.95 Å². The molecule has 2 aliphatic heterocycles. The quantitative estimate of drug-likeness (QED) is 0.678. The van der Waals surface area contributed by atoms with Crippen molar-refractivity contribution in [2.75, 3.05) is 24.5 Å². The smallest absolute Gasteiger partial charge is 0.255 e. The number of aromatic hydroxyl groups is 1. The van der Waals surface area contributed by atoms with Crippen LogP contribution in [0.1, 0.15) is 30.7 Å². The zero-order valence-electron chi connectivity index (χ0n) is 18.0. The molecular weight excluding hydrogens is 392 g/mol. The zero-order valence-corrected chi connectivity index (χ0v) is 18.0. The van der Waals surface area contributed by atoms with Crippen LogP contribution in [0.5, 0.6) is 5.75 Å². The molecule has 3 aromatic rings. The predicted molar refractivity (Wildman–Crippen MR) is 121 cm³/mol. The number of morpholine rings is 1. The lowest BCUT2D eigenvalue weighted by atomic mass is 10.0. The third-order valence-corrected chi connectivity index (χ3v) is 6.26. The molecule has 1 saturated heterocycles. The fourth-order valence-electron chi connectivity index (χ4n) is 4.83. The molecule has 0 amide bonds. The number of benzene rings is 2. The first-order valence-electron chi connectivity index (χ1n) is 10.9. The molecule has 7 nitrogen and oxygen atoms in total. The number of fused-ring (bicyclic) bond motifs is 2. The maximum absolute atomic E-state index is 12.8. The van der Waals surface area contributed by atoms with Crippen LogP contribution in [-0.2, 0) is 24.2 Å². The van der Waals surface area contributed by atoms with Crippen LogP contribution < -0.4 is 10.5 Å². The summed E-state index contributed by atoms with van der Waals surface area (Å²) in [6.07, 6.45) is 0.839. The molecule has 0 bridgehead atoms. The van der Waals surface area contributed by atoms with Gasteiger partial charge in [0, 0.05) is 43.9 Å². The van der Waals surface area contributed by atoms with Crippen molar-refractivity contribution in [3.05, 3.63) is 63.6 Å². The third-order valence-electron chi connectivity index (χ3n) is 6.26. The highest BCUT2D eigenvalue weighted by Crippen LogP contribution is 2.30. The summed E-state index contributed by atoms with van der Waals surface area (Å²) in [6, 6.07) is 11.8. The standard InChI is InChI=1S/C24H28N4O3/c1-15-11-28(12-16(2)31-15)24-25-21-14-27(10-9-19(21)23(30)26-24)13-20-18-6-4-3-5-17(18)7-8-22(20)29/h3-8,15-16,29H,9-14H2,1-2H3,(H,25,26,30)/t15-,16-/m1/s1. The molecule has 0 saturated carbocycles. The molecule has 1 fully saturated rings. The Morgan fingerprint density at radius 2 is 1.94 bits per heavy atom. The number of phenols is 1. The second kappa shape index (κ2) is 7.98. The average Bonchev–Trinajstić information content (AvgIpc) is 2.75. The van der Waals surface area contributed by atoms with Crippen molar-refractivity contribution >= 4 is 16.7 Å². The summed E-state index contributed by atoms with van der Waals surface area (Å²) in [5, 5.41) is 12.7. The van der Waals surface area contributed by atoms with Crippen LogP contribution >= 0.6 is 0 Å². The van der Waals surface area contributed by atoms with Gasteiger partial charge in [-0.2, -0.15) is 0 Å². The highest BCUT2D eigenvalue weighted by molar-refractivity contribution is 5.87. The van der Waals surface area contributed by atoms with E-state index in [2.05, 4.69) is 20.9 Å². The number of phenolic OH excluding ortho intramolecular Hbond substituents is 1. The van der Waals surface area contributed by atoms with Gasteiger partial charge >= 0.3 is 0 Å². The first-order chi connectivity index (χ1) is 15.0. The summed E-state index contributed by atoms with van der Waals surface area (Å²) in [5.41, 5.74) is 2.48. The van der Waals surface area contributed by atoms with E-state index >= 15 is 0 Å². The molecule has 0 spiro atoms. The highest BCUT2D eigenvalue weighted by Gasteiger charge is 2.27. The van der Waals surface area contributed by atoms with Crippen molar-refractivity contribution in [2.24, 2.45) is 0 Å². The van der Waals surface area contributed by atoms with E-state index in [0.717, 1.165) is 34.1 Å². The van der Waals surface area contributed by atoms with Gasteiger partial charge in [0.15, 0.2) is 0 Å². The Morgan fingerprint density at radius 3 is 2.74 bits per heavy atom. The van der Waals surface area contributed by atoms with Gasteiger partial charge in [0.05, 0.1) is 17.9 Å². The van der Waals surface area contributed by atoms with Gasteiger partial charge in [-0.1, -0.05) is 30.3 Å². The van der Waals surface area contributed by atoms with Crippen molar-refractivity contribution in [1.29, 1.82) is 0 Å². The van der Waals surface area contributed by atoms with Crippen LogP contribution in [0.3, 0.4) is 0 Å². The van der Waals surface area contributed by atoms with Gasteiger partial charge in [-0.25, -0.2) is 4.98 Å². The lowest BCUT2D eigenvalue weighted by Gasteiger charge is -2.36. The van der Waals surface area contributed by atoms with Gasteiger partial charge < -0.3 is 14.7 Å². The summed E-state index contributed by atoms with van der Waals surface area (Å²) < 4.78 is 5.82. The Bertz CT molecular complexity index is 1170. The van der Waals surface area contributed by atoms with E-state index in [1.807, 2.05) is 38.1 Å². The van der Waals surface area contributed by atoms with Crippen LogP contribution in [0, 0.1) is 0 Å². The molecule has 1 aromatic heterocycles. The molecule has 7 heteroatoms. The summed E-state index contributed by atoms with van der Waals surface area (Å²) >= 11 is 0. The average molecular weight is 421 g/mol. The molecule has 3 heterocycles. The third kappa shape index (κ3) is 3.91. The highest BCUT2D eigenvalue weighted by atomic mass is 16.5. The number of nitrogens with zero attached hydrogens (tertiary/aromatic N) is 3. The number of ether oxygens (including phenoxy) is 1. The van der Waals surface area contributed by atoms with Gasteiger partial charge in [-0.15, -0.1) is 0 Å². The first-order valence-corrected chi connectivity index (χ1v) is 10.9. The molecular formula is C24H28N4O3. The lowest BCUT2D eigenvalue weighted by Crippen LogP contribution is -2.47. The first kappa shape index (κ1) is 20.0. The van der Waals surface area contributed by atoms with E-state index in [4.69, 9.17) is 9.72 Å². The predicted octanol–water partition coefficient (Wildman–Crippen LogP) is 2.80. The van der Waals surface area contributed by atoms with Crippen LogP contribution in [0.15, 0.2) is 41.2 Å². The topological polar surface area (TPSA) is 81.7 Å². The monoisotopic (exact) mass is 420 g/mol. The Hall–Kier alpha value is -2.90. The van der Waals surface area contributed by atoms with E-state index in [-0.39, 0.29) is 17.8 Å². The van der Waals surface area contributed by atoms with Crippen molar-refractivity contribution < 1.29 is 9.84 Å². The molecule has 0 radical (unpaired) electrons. The molecule has 2 atom stereocenters. The fraction of sp³-hybridized carbons (Fsp3) is 0.417. The van der Waals surface area contributed by atoms with Gasteiger partial charge in [0.2, 0.25) is 5.95 Å². The number of nitrogens with one attached hydrogen (secondary N) is 1. The number of hydrogen-bond acceptors (Lipinski definition) is 6. The van der Waals surface area contributed by atoms with Crippen molar-refractivity contribution in [1.82, 2.24) is 14.9 Å². The summed E-state index contributed by atoms with van der Waals surface area (Å²) in [4.78, 5) is 25.0. The second-order valence-electron chi connectivity index (χ2n) is 8.72. The molecule has 0 unspecified atom stereocenters. The largest absolute Gasteiger partial charge is 0.508 e. The van der Waals surface area contributed by atoms with E-state index in [9.17, 15) is 9.90 Å². The maximum Gasteiger partial charge on any atom is 0.255 e. The summed E-state index contributed by atoms with van der Waals surface area (Å²) in [6.45, 7) is 7.45. The minimum absolute atomic E-state index is 0.0422. The zero-order chi connectivity index (χ0) is 21.5. The number of anilines is 1. The van der Waals surface area contributed by atoms with Gasteiger partial charge in [-0.05, 0) is 37.1 Å². The summed E-state index contributed by atoms with van der Waals surface area (Å²) in [7, 11) is 0. The molecule has 2 aromatic carbocycles. The van der Waals surface area contributed by atoms with E-state index in [1.54, 1.807) is 6.07 Å². The fourth-order valence-corrected chi connectivity index (χ4v) is 4.83. The second-order valence-corrected chi connectivity index (χ2v) is 8.72. The number of aromatic amines is 1. The van der Waals surface area contributed by atoms with Crippen molar-refractivity contribution in [3.8, 4) is 5.75 Å². The Kier molecular flexibility index (Phi) is 5.16. The number of rotatable bonds is 3. The van der Waals surface area contributed by atoms with Crippen LogP contribution in [0.2, 0.25) is 0 Å². The van der Waals surface area contributed by atoms with Gasteiger partial charge in [0.1, 0.15) is 5.75 Å². The Labute approximate surface area is 181 Å². The number of H-pyrrole nitrogens is 1. The minimum atomic E-state index is -0.0422.